The lowest BCUT2D eigenvalue weighted by molar-refractivity contribution is -0.143. The van der Waals surface area contributed by atoms with E-state index in [-0.39, 0.29) is 0 Å². The van der Waals surface area contributed by atoms with Crippen LogP contribution in [0.3, 0.4) is 0 Å². The Morgan fingerprint density at radius 3 is 2.89 bits per heavy atom. The summed E-state index contributed by atoms with van der Waals surface area (Å²) in [5, 5.41) is 12.9. The SMILES string of the molecule is Cc1ccc(C(C(=O)O)N2CCCNCC2)cc1Br. The first-order chi connectivity index (χ1) is 9.09. The summed E-state index contributed by atoms with van der Waals surface area (Å²) in [5.74, 6) is -0.780. The van der Waals surface area contributed by atoms with Crippen LogP contribution < -0.4 is 5.32 Å². The van der Waals surface area contributed by atoms with Crippen LogP contribution in [0.15, 0.2) is 22.7 Å². The van der Waals surface area contributed by atoms with Crippen LogP contribution in [0.2, 0.25) is 0 Å². The number of hydrogen-bond donors (Lipinski definition) is 2. The molecule has 0 amide bonds. The third-order valence-corrected chi connectivity index (χ3v) is 4.34. The fourth-order valence-corrected chi connectivity index (χ4v) is 2.81. The molecule has 1 aliphatic heterocycles. The molecule has 104 valence electrons. The second-order valence-electron chi connectivity index (χ2n) is 4.89. The van der Waals surface area contributed by atoms with Crippen LogP contribution in [-0.4, -0.2) is 42.2 Å². The standard InChI is InChI=1S/C14H19BrN2O2/c1-10-3-4-11(9-12(10)15)13(14(18)19)17-7-2-5-16-6-8-17/h3-4,9,13,16H,2,5-8H2,1H3,(H,18,19). The number of aliphatic carboxylic acids is 1. The maximum absolute atomic E-state index is 11.6. The average Bonchev–Trinajstić information content (AvgIpc) is 2.62. The molecule has 0 radical (unpaired) electrons. The van der Waals surface area contributed by atoms with Crippen molar-refractivity contribution in [2.75, 3.05) is 26.2 Å². The quantitative estimate of drug-likeness (QED) is 0.893. The summed E-state index contributed by atoms with van der Waals surface area (Å²) in [6, 6.07) is 5.24. The highest BCUT2D eigenvalue weighted by Crippen LogP contribution is 2.26. The van der Waals surface area contributed by atoms with E-state index in [1.807, 2.05) is 30.0 Å². The Balaban J connectivity index is 2.27. The van der Waals surface area contributed by atoms with Crippen molar-refractivity contribution in [2.45, 2.75) is 19.4 Å². The number of halogens is 1. The van der Waals surface area contributed by atoms with Crippen molar-refractivity contribution in [1.29, 1.82) is 0 Å². The largest absolute Gasteiger partial charge is 0.480 e. The molecule has 1 aromatic carbocycles. The summed E-state index contributed by atoms with van der Waals surface area (Å²) in [4.78, 5) is 13.7. The van der Waals surface area contributed by atoms with Crippen molar-refractivity contribution in [3.63, 3.8) is 0 Å². The van der Waals surface area contributed by atoms with Gasteiger partial charge in [0, 0.05) is 24.1 Å². The summed E-state index contributed by atoms with van der Waals surface area (Å²) >= 11 is 3.48. The third kappa shape index (κ3) is 3.55. The zero-order chi connectivity index (χ0) is 13.8. The number of carboxylic acids is 1. The smallest absolute Gasteiger partial charge is 0.325 e. The average molecular weight is 327 g/mol. The van der Waals surface area contributed by atoms with E-state index in [1.165, 1.54) is 0 Å². The second kappa shape index (κ2) is 6.50. The van der Waals surface area contributed by atoms with Gasteiger partial charge < -0.3 is 10.4 Å². The van der Waals surface area contributed by atoms with Crippen LogP contribution in [0.4, 0.5) is 0 Å². The molecule has 1 heterocycles. The van der Waals surface area contributed by atoms with Crippen LogP contribution in [-0.2, 0) is 4.79 Å². The molecule has 0 spiro atoms. The molecule has 0 bridgehead atoms. The fourth-order valence-electron chi connectivity index (χ4n) is 2.41. The Morgan fingerprint density at radius 2 is 2.21 bits per heavy atom. The number of carboxylic acid groups (broad SMARTS) is 1. The summed E-state index contributed by atoms with van der Waals surface area (Å²) in [5.41, 5.74) is 1.96. The summed E-state index contributed by atoms with van der Waals surface area (Å²) in [6.45, 7) is 5.38. The molecule has 1 aromatic rings. The van der Waals surface area contributed by atoms with E-state index in [9.17, 15) is 9.90 Å². The van der Waals surface area contributed by atoms with Crippen molar-refractivity contribution >= 4 is 21.9 Å². The van der Waals surface area contributed by atoms with Gasteiger partial charge in [0.15, 0.2) is 0 Å². The van der Waals surface area contributed by atoms with Crippen molar-refractivity contribution < 1.29 is 9.90 Å². The number of aryl methyl sites for hydroxylation is 1. The van der Waals surface area contributed by atoms with E-state index in [4.69, 9.17) is 0 Å². The van der Waals surface area contributed by atoms with E-state index in [0.717, 1.165) is 48.2 Å². The molecule has 1 aliphatic rings. The van der Waals surface area contributed by atoms with E-state index in [2.05, 4.69) is 21.2 Å². The predicted molar refractivity (Wildman–Crippen MR) is 78.3 cm³/mol. The van der Waals surface area contributed by atoms with Crippen LogP contribution in [0.5, 0.6) is 0 Å². The molecular formula is C14H19BrN2O2. The molecule has 5 heteroatoms. The highest BCUT2D eigenvalue weighted by Gasteiger charge is 2.27. The van der Waals surface area contributed by atoms with Gasteiger partial charge in [-0.1, -0.05) is 28.1 Å². The Kier molecular flexibility index (Phi) is 4.96. The first-order valence-electron chi connectivity index (χ1n) is 6.53. The molecule has 1 atom stereocenters. The minimum absolute atomic E-state index is 0.559. The molecule has 1 saturated heterocycles. The van der Waals surface area contributed by atoms with Crippen molar-refractivity contribution in [1.82, 2.24) is 10.2 Å². The van der Waals surface area contributed by atoms with Crippen LogP contribution in [0.25, 0.3) is 0 Å². The number of carbonyl (C=O) groups is 1. The van der Waals surface area contributed by atoms with E-state index >= 15 is 0 Å². The Morgan fingerprint density at radius 1 is 1.42 bits per heavy atom. The van der Waals surface area contributed by atoms with Gasteiger partial charge in [0.25, 0.3) is 0 Å². The van der Waals surface area contributed by atoms with Crippen LogP contribution in [0.1, 0.15) is 23.6 Å². The van der Waals surface area contributed by atoms with Gasteiger partial charge in [-0.05, 0) is 37.1 Å². The van der Waals surface area contributed by atoms with Gasteiger partial charge in [-0.3, -0.25) is 9.69 Å². The first-order valence-corrected chi connectivity index (χ1v) is 7.32. The molecule has 4 nitrogen and oxygen atoms in total. The van der Waals surface area contributed by atoms with Gasteiger partial charge in [-0.2, -0.15) is 0 Å². The summed E-state index contributed by atoms with van der Waals surface area (Å²) in [6.07, 6.45) is 0.983. The van der Waals surface area contributed by atoms with Gasteiger partial charge in [-0.15, -0.1) is 0 Å². The summed E-state index contributed by atoms with van der Waals surface area (Å²) < 4.78 is 0.962. The molecule has 1 unspecified atom stereocenters. The maximum Gasteiger partial charge on any atom is 0.325 e. The zero-order valence-corrected chi connectivity index (χ0v) is 12.6. The molecule has 0 aromatic heterocycles. The molecule has 2 rings (SSSR count). The monoisotopic (exact) mass is 326 g/mol. The maximum atomic E-state index is 11.6. The van der Waals surface area contributed by atoms with E-state index < -0.39 is 12.0 Å². The molecule has 0 aliphatic carbocycles. The number of hydrogen-bond acceptors (Lipinski definition) is 3. The van der Waals surface area contributed by atoms with E-state index in [1.54, 1.807) is 0 Å². The molecule has 0 saturated carbocycles. The highest BCUT2D eigenvalue weighted by molar-refractivity contribution is 9.10. The minimum Gasteiger partial charge on any atom is -0.480 e. The number of nitrogens with one attached hydrogen (secondary N) is 1. The lowest BCUT2D eigenvalue weighted by atomic mass is 10.0. The predicted octanol–water partition coefficient (Wildman–Crippen LogP) is 2.18. The van der Waals surface area contributed by atoms with Gasteiger partial charge in [0.05, 0.1) is 0 Å². The van der Waals surface area contributed by atoms with Gasteiger partial charge in [0.1, 0.15) is 6.04 Å². The van der Waals surface area contributed by atoms with Gasteiger partial charge >= 0.3 is 5.97 Å². The number of rotatable bonds is 3. The Bertz CT molecular complexity index is 457. The lowest BCUT2D eigenvalue weighted by Gasteiger charge is -2.27. The lowest BCUT2D eigenvalue weighted by Crippen LogP contribution is -2.36. The summed E-state index contributed by atoms with van der Waals surface area (Å²) in [7, 11) is 0. The topological polar surface area (TPSA) is 52.6 Å². The molecule has 1 fully saturated rings. The van der Waals surface area contributed by atoms with Crippen molar-refractivity contribution in [2.24, 2.45) is 0 Å². The Hall–Kier alpha value is -0.910. The van der Waals surface area contributed by atoms with Crippen molar-refractivity contribution in [3.05, 3.63) is 33.8 Å². The molecular weight excluding hydrogens is 308 g/mol. The third-order valence-electron chi connectivity index (χ3n) is 3.49. The first kappa shape index (κ1) is 14.5. The van der Waals surface area contributed by atoms with Gasteiger partial charge in [-0.25, -0.2) is 0 Å². The minimum atomic E-state index is -0.780. The normalized spacial score (nSPS) is 18.8. The van der Waals surface area contributed by atoms with Gasteiger partial charge in [0.2, 0.25) is 0 Å². The fraction of sp³-hybridized carbons (Fsp3) is 0.500. The van der Waals surface area contributed by atoms with Crippen molar-refractivity contribution in [3.8, 4) is 0 Å². The second-order valence-corrected chi connectivity index (χ2v) is 5.74. The number of benzene rings is 1. The van der Waals surface area contributed by atoms with Crippen LogP contribution in [0, 0.1) is 6.92 Å². The Labute approximate surface area is 121 Å². The number of nitrogens with zero attached hydrogens (tertiary/aromatic N) is 1. The molecule has 2 N–H and O–H groups in total. The zero-order valence-electron chi connectivity index (χ0n) is 11.0. The van der Waals surface area contributed by atoms with Crippen LogP contribution >= 0.6 is 15.9 Å². The van der Waals surface area contributed by atoms with E-state index in [0.29, 0.717) is 0 Å². The highest BCUT2D eigenvalue weighted by atomic mass is 79.9. The molecule has 19 heavy (non-hydrogen) atoms.